The molecule has 0 bridgehead atoms. The van der Waals surface area contributed by atoms with Crippen LogP contribution in [0.4, 0.5) is 0 Å². The molecule has 0 spiro atoms. The molecule has 1 amide bonds. The molecule has 3 aliphatic rings. The number of nitrogens with zero attached hydrogens (tertiary/aromatic N) is 1. The van der Waals surface area contributed by atoms with E-state index in [1.54, 1.807) is 0 Å². The summed E-state index contributed by atoms with van der Waals surface area (Å²) in [6.07, 6.45) is 5.10. The molecule has 2 atom stereocenters. The third kappa shape index (κ3) is 2.13. The minimum Gasteiger partial charge on any atom is -0.469 e. The highest BCUT2D eigenvalue weighted by atomic mass is 16.5. The Balaban J connectivity index is 1.50. The van der Waals surface area contributed by atoms with Crippen molar-refractivity contribution in [3.8, 4) is 0 Å². The molecule has 0 aromatic rings. The Hall–Kier alpha value is -1.06. The second-order valence-electron chi connectivity index (χ2n) is 6.05. The lowest BCUT2D eigenvalue weighted by atomic mass is 9.94. The molecule has 2 saturated carbocycles. The van der Waals surface area contributed by atoms with Crippen LogP contribution in [0.3, 0.4) is 0 Å². The van der Waals surface area contributed by atoms with Crippen molar-refractivity contribution < 1.29 is 14.3 Å². The van der Waals surface area contributed by atoms with Crippen LogP contribution in [0.25, 0.3) is 0 Å². The molecule has 3 rings (SSSR count). The van der Waals surface area contributed by atoms with Gasteiger partial charge in [-0.1, -0.05) is 0 Å². The van der Waals surface area contributed by atoms with E-state index >= 15 is 0 Å². The van der Waals surface area contributed by atoms with Gasteiger partial charge in [-0.2, -0.15) is 0 Å². The zero-order valence-corrected chi connectivity index (χ0v) is 10.9. The van der Waals surface area contributed by atoms with Crippen molar-refractivity contribution in [3.63, 3.8) is 0 Å². The lowest BCUT2D eigenvalue weighted by molar-refractivity contribution is -0.149. The monoisotopic (exact) mass is 251 g/mol. The number of likely N-dealkylation sites (tertiary alicyclic amines) is 1. The molecule has 2 unspecified atom stereocenters. The quantitative estimate of drug-likeness (QED) is 0.698. The Morgan fingerprint density at radius 3 is 2.17 bits per heavy atom. The fourth-order valence-electron chi connectivity index (χ4n) is 3.68. The molecule has 18 heavy (non-hydrogen) atoms. The molecule has 1 aliphatic heterocycles. The Morgan fingerprint density at radius 2 is 1.61 bits per heavy atom. The van der Waals surface area contributed by atoms with Crippen LogP contribution in [0.5, 0.6) is 0 Å². The number of hydrogen-bond donors (Lipinski definition) is 0. The van der Waals surface area contributed by atoms with Crippen molar-refractivity contribution in [2.75, 3.05) is 20.2 Å². The summed E-state index contributed by atoms with van der Waals surface area (Å²) in [4.78, 5) is 25.7. The standard InChI is InChI=1S/C14H21NO3/c1-18-14(17)9-2-4-15(5-3-9)13(16)12-7-10-6-11(10)8-12/h9-12H,2-8H2,1H3. The van der Waals surface area contributed by atoms with Crippen LogP contribution in [0.2, 0.25) is 0 Å². The molecule has 100 valence electrons. The van der Waals surface area contributed by atoms with Gasteiger partial charge in [0.2, 0.25) is 5.91 Å². The molecule has 0 radical (unpaired) electrons. The summed E-state index contributed by atoms with van der Waals surface area (Å²) in [7, 11) is 1.44. The summed E-state index contributed by atoms with van der Waals surface area (Å²) in [5.41, 5.74) is 0. The maximum Gasteiger partial charge on any atom is 0.308 e. The van der Waals surface area contributed by atoms with Gasteiger partial charge in [0.1, 0.15) is 0 Å². The first-order valence-electron chi connectivity index (χ1n) is 7.05. The first-order chi connectivity index (χ1) is 8.69. The van der Waals surface area contributed by atoms with E-state index in [2.05, 4.69) is 0 Å². The first-order valence-corrected chi connectivity index (χ1v) is 7.05. The summed E-state index contributed by atoms with van der Waals surface area (Å²) < 4.78 is 4.76. The number of carbonyl (C=O) groups is 2. The average molecular weight is 251 g/mol. The zero-order chi connectivity index (χ0) is 12.7. The fourth-order valence-corrected chi connectivity index (χ4v) is 3.68. The number of esters is 1. The maximum atomic E-state index is 12.3. The number of amides is 1. The number of carbonyl (C=O) groups excluding carboxylic acids is 2. The second kappa shape index (κ2) is 4.56. The predicted molar refractivity (Wildman–Crippen MR) is 65.6 cm³/mol. The Morgan fingerprint density at radius 1 is 1.00 bits per heavy atom. The zero-order valence-electron chi connectivity index (χ0n) is 10.9. The number of ether oxygens (including phenoxy) is 1. The van der Waals surface area contributed by atoms with Crippen LogP contribution >= 0.6 is 0 Å². The molecular weight excluding hydrogens is 230 g/mol. The molecular formula is C14H21NO3. The Labute approximate surface area is 108 Å². The summed E-state index contributed by atoms with van der Waals surface area (Å²) in [6, 6.07) is 0. The maximum absolute atomic E-state index is 12.3. The highest BCUT2D eigenvalue weighted by Crippen LogP contribution is 2.54. The fraction of sp³-hybridized carbons (Fsp3) is 0.857. The van der Waals surface area contributed by atoms with Gasteiger partial charge in [0.15, 0.2) is 0 Å². The molecule has 4 nitrogen and oxygen atoms in total. The molecule has 4 heteroatoms. The van der Waals surface area contributed by atoms with Gasteiger partial charge in [0, 0.05) is 19.0 Å². The van der Waals surface area contributed by atoms with Crippen molar-refractivity contribution in [3.05, 3.63) is 0 Å². The summed E-state index contributed by atoms with van der Waals surface area (Å²) in [5.74, 6) is 2.20. The topological polar surface area (TPSA) is 46.6 Å². The van der Waals surface area contributed by atoms with Crippen LogP contribution in [0, 0.1) is 23.7 Å². The normalized spacial score (nSPS) is 35.2. The van der Waals surface area contributed by atoms with Gasteiger partial charge in [-0.05, 0) is 43.9 Å². The van der Waals surface area contributed by atoms with E-state index in [9.17, 15) is 9.59 Å². The highest BCUT2D eigenvalue weighted by molar-refractivity contribution is 5.80. The SMILES string of the molecule is COC(=O)C1CCN(C(=O)C2CC3CC3C2)CC1. The van der Waals surface area contributed by atoms with E-state index in [0.29, 0.717) is 5.91 Å². The lowest BCUT2D eigenvalue weighted by Gasteiger charge is -2.32. The summed E-state index contributed by atoms with van der Waals surface area (Å²) in [6.45, 7) is 1.45. The van der Waals surface area contributed by atoms with Gasteiger partial charge in [-0.3, -0.25) is 9.59 Å². The molecule has 3 fully saturated rings. The predicted octanol–water partition coefficient (Wildman–Crippen LogP) is 1.44. The van der Waals surface area contributed by atoms with E-state index in [1.165, 1.54) is 13.5 Å². The van der Waals surface area contributed by atoms with Crippen LogP contribution in [-0.2, 0) is 14.3 Å². The third-order valence-corrected chi connectivity index (χ3v) is 4.93. The van der Waals surface area contributed by atoms with Crippen LogP contribution < -0.4 is 0 Å². The van der Waals surface area contributed by atoms with E-state index in [1.807, 2.05) is 4.90 Å². The number of hydrogen-bond acceptors (Lipinski definition) is 3. The van der Waals surface area contributed by atoms with Crippen molar-refractivity contribution in [2.24, 2.45) is 23.7 Å². The molecule has 1 saturated heterocycles. The second-order valence-corrected chi connectivity index (χ2v) is 6.05. The van der Waals surface area contributed by atoms with E-state index in [4.69, 9.17) is 4.74 Å². The van der Waals surface area contributed by atoms with Gasteiger partial charge >= 0.3 is 5.97 Å². The van der Waals surface area contributed by atoms with Crippen molar-refractivity contribution in [1.29, 1.82) is 0 Å². The molecule has 1 heterocycles. The summed E-state index contributed by atoms with van der Waals surface area (Å²) in [5, 5.41) is 0. The average Bonchev–Trinajstić information content (AvgIpc) is 3.03. The van der Waals surface area contributed by atoms with Crippen molar-refractivity contribution >= 4 is 11.9 Å². The van der Waals surface area contributed by atoms with E-state index in [-0.39, 0.29) is 17.8 Å². The summed E-state index contributed by atoms with van der Waals surface area (Å²) >= 11 is 0. The third-order valence-electron chi connectivity index (χ3n) is 4.93. The number of methoxy groups -OCH3 is 1. The Bertz CT molecular complexity index is 350. The van der Waals surface area contributed by atoms with Gasteiger partial charge in [-0.25, -0.2) is 0 Å². The van der Waals surface area contributed by atoms with Crippen LogP contribution in [0.15, 0.2) is 0 Å². The first kappa shape index (κ1) is 12.0. The van der Waals surface area contributed by atoms with Crippen molar-refractivity contribution in [2.45, 2.75) is 32.1 Å². The smallest absolute Gasteiger partial charge is 0.308 e. The highest BCUT2D eigenvalue weighted by Gasteiger charge is 2.49. The number of piperidine rings is 1. The lowest BCUT2D eigenvalue weighted by Crippen LogP contribution is -2.43. The minimum atomic E-state index is -0.121. The van der Waals surface area contributed by atoms with Gasteiger partial charge in [0.25, 0.3) is 0 Å². The number of rotatable bonds is 2. The number of fused-ring (bicyclic) bond motifs is 1. The molecule has 2 aliphatic carbocycles. The van der Waals surface area contributed by atoms with Crippen LogP contribution in [-0.4, -0.2) is 37.0 Å². The molecule has 0 N–H and O–H groups in total. The van der Waals surface area contributed by atoms with Crippen molar-refractivity contribution in [1.82, 2.24) is 4.90 Å². The Kier molecular flexibility index (Phi) is 3.04. The van der Waals surface area contributed by atoms with Crippen LogP contribution in [0.1, 0.15) is 32.1 Å². The van der Waals surface area contributed by atoms with E-state index < -0.39 is 0 Å². The molecule has 0 aromatic carbocycles. The van der Waals surface area contributed by atoms with E-state index in [0.717, 1.165) is 50.6 Å². The molecule has 0 aromatic heterocycles. The van der Waals surface area contributed by atoms with Gasteiger partial charge < -0.3 is 9.64 Å². The van der Waals surface area contributed by atoms with Gasteiger partial charge in [-0.15, -0.1) is 0 Å². The van der Waals surface area contributed by atoms with Gasteiger partial charge in [0.05, 0.1) is 13.0 Å². The largest absolute Gasteiger partial charge is 0.469 e. The minimum absolute atomic E-state index is 0.00368.